The van der Waals surface area contributed by atoms with Gasteiger partial charge in [0.2, 0.25) is 5.95 Å². The van der Waals surface area contributed by atoms with Gasteiger partial charge in [-0.05, 0) is 24.8 Å². The molecule has 4 rings (SSSR count). The number of carbonyl (C=O) groups is 1. The summed E-state index contributed by atoms with van der Waals surface area (Å²) in [6.07, 6.45) is 1.43. The van der Waals surface area contributed by atoms with Gasteiger partial charge in [0.05, 0.1) is 11.8 Å². The summed E-state index contributed by atoms with van der Waals surface area (Å²) in [5.74, 6) is 1.28. The molecule has 0 unspecified atom stereocenters. The Morgan fingerprint density at radius 3 is 2.91 bits per heavy atom. The molecule has 0 saturated carbocycles. The largest absolute Gasteiger partial charge is 0.481 e. The first kappa shape index (κ1) is 13.8. The van der Waals surface area contributed by atoms with Crippen LogP contribution >= 0.6 is 11.3 Å². The van der Waals surface area contributed by atoms with Gasteiger partial charge in [0.15, 0.2) is 0 Å². The lowest BCUT2D eigenvalue weighted by molar-refractivity contribution is -0.138. The SMILES string of the molecule is C[C@H]1CCN1c1nc(N2CC(CC(=O)O)C2)c2ccsc2n1. The Morgan fingerprint density at radius 2 is 2.27 bits per heavy atom. The van der Waals surface area contributed by atoms with Gasteiger partial charge in [0, 0.05) is 31.6 Å². The Balaban J connectivity index is 1.62. The van der Waals surface area contributed by atoms with Crippen molar-refractivity contribution in [1.82, 2.24) is 9.97 Å². The molecule has 0 amide bonds. The second-order valence-electron chi connectivity index (χ2n) is 6.19. The van der Waals surface area contributed by atoms with Crippen LogP contribution in [0, 0.1) is 5.92 Å². The maximum Gasteiger partial charge on any atom is 0.303 e. The van der Waals surface area contributed by atoms with Crippen molar-refractivity contribution in [2.75, 3.05) is 29.4 Å². The minimum Gasteiger partial charge on any atom is -0.481 e. The number of aliphatic carboxylic acids is 1. The molecule has 0 spiro atoms. The molecular formula is C15H18N4O2S. The van der Waals surface area contributed by atoms with Crippen molar-refractivity contribution in [2.45, 2.75) is 25.8 Å². The van der Waals surface area contributed by atoms with E-state index in [2.05, 4.69) is 27.8 Å². The van der Waals surface area contributed by atoms with Gasteiger partial charge < -0.3 is 14.9 Å². The minimum absolute atomic E-state index is 0.229. The van der Waals surface area contributed by atoms with Gasteiger partial charge >= 0.3 is 5.97 Å². The summed E-state index contributed by atoms with van der Waals surface area (Å²) in [5, 5.41) is 12.0. The van der Waals surface area contributed by atoms with Gasteiger partial charge in [-0.25, -0.2) is 4.98 Å². The number of rotatable bonds is 4. The smallest absolute Gasteiger partial charge is 0.303 e. The van der Waals surface area contributed by atoms with E-state index in [1.54, 1.807) is 11.3 Å². The standard InChI is InChI=1S/C15H18N4O2S/c1-9-2-4-19(9)15-16-13(11-3-5-22-14(11)17-15)18-7-10(8-18)6-12(20)21/h3,5,9-10H,2,4,6-8H2,1H3,(H,20,21)/t9-/m0/s1. The van der Waals surface area contributed by atoms with Crippen molar-refractivity contribution < 1.29 is 9.90 Å². The van der Waals surface area contributed by atoms with E-state index in [0.29, 0.717) is 6.04 Å². The molecule has 1 atom stereocenters. The van der Waals surface area contributed by atoms with E-state index in [9.17, 15) is 4.79 Å². The van der Waals surface area contributed by atoms with Crippen LogP contribution in [0.25, 0.3) is 10.2 Å². The highest BCUT2D eigenvalue weighted by molar-refractivity contribution is 7.16. The average molecular weight is 318 g/mol. The predicted molar refractivity (Wildman–Crippen MR) is 86.8 cm³/mol. The quantitative estimate of drug-likeness (QED) is 0.932. The highest BCUT2D eigenvalue weighted by atomic mass is 32.1. The second kappa shape index (κ2) is 5.08. The van der Waals surface area contributed by atoms with Gasteiger partial charge in [0.1, 0.15) is 10.6 Å². The van der Waals surface area contributed by atoms with Crippen LogP contribution < -0.4 is 9.80 Å². The topological polar surface area (TPSA) is 69.6 Å². The predicted octanol–water partition coefficient (Wildman–Crippen LogP) is 2.20. The zero-order valence-electron chi connectivity index (χ0n) is 12.4. The van der Waals surface area contributed by atoms with Crippen molar-refractivity contribution in [3.63, 3.8) is 0 Å². The molecule has 116 valence electrons. The van der Waals surface area contributed by atoms with E-state index in [1.165, 1.54) is 6.42 Å². The van der Waals surface area contributed by atoms with E-state index in [1.807, 2.05) is 5.38 Å². The number of anilines is 2. The van der Waals surface area contributed by atoms with Crippen LogP contribution in [0.1, 0.15) is 19.8 Å². The summed E-state index contributed by atoms with van der Waals surface area (Å²) >= 11 is 1.63. The summed E-state index contributed by atoms with van der Waals surface area (Å²) in [7, 11) is 0. The second-order valence-corrected chi connectivity index (χ2v) is 7.08. The highest BCUT2D eigenvalue weighted by Crippen LogP contribution is 2.35. The Morgan fingerprint density at radius 1 is 1.45 bits per heavy atom. The van der Waals surface area contributed by atoms with Crippen molar-refractivity contribution in [3.8, 4) is 0 Å². The number of hydrogen-bond donors (Lipinski definition) is 1. The lowest BCUT2D eigenvalue weighted by Gasteiger charge is -2.42. The van der Waals surface area contributed by atoms with E-state index in [4.69, 9.17) is 10.1 Å². The van der Waals surface area contributed by atoms with E-state index in [-0.39, 0.29) is 12.3 Å². The van der Waals surface area contributed by atoms with Gasteiger partial charge in [0.25, 0.3) is 0 Å². The molecule has 22 heavy (non-hydrogen) atoms. The Kier molecular flexibility index (Phi) is 3.18. The molecule has 2 aromatic heterocycles. The average Bonchev–Trinajstić information content (AvgIpc) is 2.88. The molecule has 1 N–H and O–H groups in total. The van der Waals surface area contributed by atoms with Crippen LogP contribution in [0.2, 0.25) is 0 Å². The molecule has 4 heterocycles. The lowest BCUT2D eigenvalue weighted by Crippen LogP contribution is -2.49. The lowest BCUT2D eigenvalue weighted by atomic mass is 9.96. The zero-order valence-corrected chi connectivity index (χ0v) is 13.2. The summed E-state index contributed by atoms with van der Waals surface area (Å²) < 4.78 is 0. The van der Waals surface area contributed by atoms with E-state index >= 15 is 0 Å². The molecule has 0 aromatic carbocycles. The number of aromatic nitrogens is 2. The summed E-state index contributed by atoms with van der Waals surface area (Å²) in [6.45, 7) is 4.74. The molecular weight excluding hydrogens is 300 g/mol. The third-order valence-electron chi connectivity index (χ3n) is 4.59. The van der Waals surface area contributed by atoms with Crippen LogP contribution in [0.5, 0.6) is 0 Å². The molecule has 6 nitrogen and oxygen atoms in total. The summed E-state index contributed by atoms with van der Waals surface area (Å²) in [5.41, 5.74) is 0. The number of hydrogen-bond acceptors (Lipinski definition) is 6. The number of fused-ring (bicyclic) bond motifs is 1. The molecule has 2 saturated heterocycles. The van der Waals surface area contributed by atoms with Crippen LogP contribution in [0.15, 0.2) is 11.4 Å². The zero-order chi connectivity index (χ0) is 15.3. The highest BCUT2D eigenvalue weighted by Gasteiger charge is 2.33. The Hall–Kier alpha value is -1.89. The molecule has 2 aliphatic heterocycles. The fourth-order valence-corrected chi connectivity index (χ4v) is 3.88. The normalized spacial score (nSPS) is 21.8. The molecule has 0 aliphatic carbocycles. The number of carboxylic acid groups (broad SMARTS) is 1. The third-order valence-corrected chi connectivity index (χ3v) is 5.40. The fourth-order valence-electron chi connectivity index (χ4n) is 3.13. The number of carboxylic acids is 1. The molecule has 2 aliphatic rings. The Labute approximate surface area is 132 Å². The van der Waals surface area contributed by atoms with Crippen molar-refractivity contribution in [2.24, 2.45) is 5.92 Å². The number of nitrogens with zero attached hydrogens (tertiary/aromatic N) is 4. The van der Waals surface area contributed by atoms with Crippen molar-refractivity contribution >= 4 is 39.3 Å². The maximum absolute atomic E-state index is 10.8. The van der Waals surface area contributed by atoms with Crippen LogP contribution in [-0.4, -0.2) is 46.7 Å². The molecule has 2 aromatic rings. The van der Waals surface area contributed by atoms with Crippen LogP contribution in [-0.2, 0) is 4.79 Å². The van der Waals surface area contributed by atoms with Crippen LogP contribution in [0.4, 0.5) is 11.8 Å². The molecule has 0 bridgehead atoms. The van der Waals surface area contributed by atoms with Crippen molar-refractivity contribution in [1.29, 1.82) is 0 Å². The fraction of sp³-hybridized carbons (Fsp3) is 0.533. The first-order valence-corrected chi connectivity index (χ1v) is 8.48. The van der Waals surface area contributed by atoms with E-state index < -0.39 is 5.97 Å². The summed E-state index contributed by atoms with van der Waals surface area (Å²) in [6, 6.07) is 2.56. The minimum atomic E-state index is -0.719. The Bertz CT molecular complexity index is 725. The first-order valence-electron chi connectivity index (χ1n) is 7.60. The van der Waals surface area contributed by atoms with E-state index in [0.717, 1.165) is 41.6 Å². The molecule has 0 radical (unpaired) electrons. The first-order chi connectivity index (χ1) is 10.6. The van der Waals surface area contributed by atoms with Gasteiger partial charge in [-0.15, -0.1) is 11.3 Å². The van der Waals surface area contributed by atoms with Crippen molar-refractivity contribution in [3.05, 3.63) is 11.4 Å². The summed E-state index contributed by atoms with van der Waals surface area (Å²) in [4.78, 5) is 25.7. The molecule has 2 fully saturated rings. The molecule has 7 heteroatoms. The number of thiophene rings is 1. The maximum atomic E-state index is 10.8. The van der Waals surface area contributed by atoms with Gasteiger partial charge in [-0.1, -0.05) is 0 Å². The third kappa shape index (κ3) is 2.20. The van der Waals surface area contributed by atoms with Gasteiger partial charge in [-0.3, -0.25) is 4.79 Å². The van der Waals surface area contributed by atoms with Crippen LogP contribution in [0.3, 0.4) is 0 Å². The monoisotopic (exact) mass is 318 g/mol. The van der Waals surface area contributed by atoms with Gasteiger partial charge in [-0.2, -0.15) is 4.98 Å².